The van der Waals surface area contributed by atoms with Gasteiger partial charge in [-0.15, -0.1) is 0 Å². The van der Waals surface area contributed by atoms with E-state index in [0.717, 1.165) is 12.0 Å². The molecule has 2 amide bonds. The van der Waals surface area contributed by atoms with Crippen molar-refractivity contribution in [3.63, 3.8) is 0 Å². The predicted molar refractivity (Wildman–Crippen MR) is 124 cm³/mol. The third-order valence-electron chi connectivity index (χ3n) is 5.98. The van der Waals surface area contributed by atoms with E-state index in [-0.39, 0.29) is 30.2 Å². The van der Waals surface area contributed by atoms with Crippen LogP contribution in [0, 0.1) is 5.92 Å². The van der Waals surface area contributed by atoms with Crippen molar-refractivity contribution in [2.24, 2.45) is 5.92 Å². The fourth-order valence-electron chi connectivity index (χ4n) is 4.07. The Kier molecular flexibility index (Phi) is 8.11. The summed E-state index contributed by atoms with van der Waals surface area (Å²) in [6, 6.07) is 15.8. The van der Waals surface area contributed by atoms with Crippen molar-refractivity contribution < 1.29 is 19.1 Å². The summed E-state index contributed by atoms with van der Waals surface area (Å²) < 4.78 is 10.7. The fourth-order valence-corrected chi connectivity index (χ4v) is 4.07. The summed E-state index contributed by atoms with van der Waals surface area (Å²) in [7, 11) is 7.15. The number of likely N-dealkylation sites (N-methyl/N-ethyl adjacent to an activating group) is 1. The van der Waals surface area contributed by atoms with Crippen LogP contribution in [0.25, 0.3) is 0 Å². The van der Waals surface area contributed by atoms with Crippen LogP contribution in [0.2, 0.25) is 0 Å². The largest absolute Gasteiger partial charge is 0.493 e. The first kappa shape index (κ1) is 23.6. The van der Waals surface area contributed by atoms with Crippen LogP contribution < -0.4 is 14.8 Å². The zero-order valence-corrected chi connectivity index (χ0v) is 19.3. The lowest BCUT2D eigenvalue weighted by Crippen LogP contribution is -2.38. The van der Waals surface area contributed by atoms with Gasteiger partial charge >= 0.3 is 0 Å². The number of carbonyl (C=O) groups excluding carboxylic acids is 2. The lowest BCUT2D eigenvalue weighted by atomic mass is 10.0. The molecule has 0 bridgehead atoms. The Balaban J connectivity index is 1.57. The van der Waals surface area contributed by atoms with Crippen molar-refractivity contribution in [3.05, 3.63) is 59.7 Å². The van der Waals surface area contributed by atoms with Crippen LogP contribution in [0.3, 0.4) is 0 Å². The second-order valence-corrected chi connectivity index (χ2v) is 8.32. The summed E-state index contributed by atoms with van der Waals surface area (Å²) in [5.74, 6) is 0.973. The van der Waals surface area contributed by atoms with Gasteiger partial charge in [-0.2, -0.15) is 0 Å². The van der Waals surface area contributed by atoms with Gasteiger partial charge in [-0.25, -0.2) is 0 Å². The highest BCUT2D eigenvalue weighted by atomic mass is 16.5. The summed E-state index contributed by atoms with van der Waals surface area (Å²) >= 11 is 0. The van der Waals surface area contributed by atoms with Crippen molar-refractivity contribution in [3.8, 4) is 11.5 Å². The van der Waals surface area contributed by atoms with Gasteiger partial charge in [0.15, 0.2) is 11.5 Å². The summed E-state index contributed by atoms with van der Waals surface area (Å²) in [5.41, 5.74) is 2.21. The number of ether oxygens (including phenoxy) is 2. The molecule has 7 nitrogen and oxygen atoms in total. The highest BCUT2D eigenvalue weighted by Gasteiger charge is 2.34. The molecule has 0 spiro atoms. The molecule has 0 radical (unpaired) electrons. The van der Waals surface area contributed by atoms with Crippen molar-refractivity contribution in [1.29, 1.82) is 0 Å². The van der Waals surface area contributed by atoms with E-state index in [9.17, 15) is 9.59 Å². The van der Waals surface area contributed by atoms with E-state index in [4.69, 9.17) is 9.47 Å². The molecule has 3 rings (SSSR count). The third kappa shape index (κ3) is 5.79. The van der Waals surface area contributed by atoms with Gasteiger partial charge in [0.2, 0.25) is 11.8 Å². The fraction of sp³-hybridized carbons (Fsp3) is 0.440. The minimum absolute atomic E-state index is 0.0370. The molecule has 172 valence electrons. The number of methoxy groups -OCH3 is 2. The van der Waals surface area contributed by atoms with E-state index in [2.05, 4.69) is 17.4 Å². The van der Waals surface area contributed by atoms with Crippen LogP contribution >= 0.6 is 0 Å². The van der Waals surface area contributed by atoms with Gasteiger partial charge in [-0.05, 0) is 43.8 Å². The molecule has 0 saturated carbocycles. The van der Waals surface area contributed by atoms with Crippen molar-refractivity contribution in [2.75, 3.05) is 47.9 Å². The first-order valence-electron chi connectivity index (χ1n) is 10.9. The highest BCUT2D eigenvalue weighted by Crippen LogP contribution is 2.31. The monoisotopic (exact) mass is 439 g/mol. The second kappa shape index (κ2) is 11.0. The van der Waals surface area contributed by atoms with Gasteiger partial charge < -0.3 is 24.6 Å². The number of hydrogen-bond acceptors (Lipinski definition) is 5. The normalized spacial score (nSPS) is 16.8. The van der Waals surface area contributed by atoms with Gasteiger partial charge in [-0.1, -0.05) is 36.4 Å². The van der Waals surface area contributed by atoms with Crippen LogP contribution in [-0.4, -0.2) is 69.6 Å². The molecule has 1 heterocycles. The summed E-state index contributed by atoms with van der Waals surface area (Å²) in [5, 5.41) is 3.05. The van der Waals surface area contributed by atoms with Crippen molar-refractivity contribution in [2.45, 2.75) is 18.9 Å². The maximum absolute atomic E-state index is 12.8. The van der Waals surface area contributed by atoms with E-state index in [1.165, 1.54) is 5.56 Å². The Labute approximate surface area is 190 Å². The zero-order chi connectivity index (χ0) is 23.1. The van der Waals surface area contributed by atoms with Crippen LogP contribution in [0.4, 0.5) is 0 Å². The van der Waals surface area contributed by atoms with E-state index in [1.807, 2.05) is 55.4 Å². The number of hydrogen-bond donors (Lipinski definition) is 1. The molecule has 1 aliphatic heterocycles. The van der Waals surface area contributed by atoms with E-state index >= 15 is 0 Å². The van der Waals surface area contributed by atoms with Gasteiger partial charge in [0, 0.05) is 26.1 Å². The molecule has 0 aliphatic carbocycles. The van der Waals surface area contributed by atoms with Crippen molar-refractivity contribution >= 4 is 11.8 Å². The Hall–Kier alpha value is -3.06. The average Bonchev–Trinajstić information content (AvgIpc) is 3.18. The molecule has 2 aromatic carbocycles. The minimum Gasteiger partial charge on any atom is -0.493 e. The Morgan fingerprint density at radius 2 is 1.84 bits per heavy atom. The standard InChI is InChI=1S/C25H33N3O4/c1-27(2)21(19-10-11-22(31-3)23(14-19)32-4)16-26-25(30)20-15-24(29)28(17-20)13-12-18-8-6-5-7-9-18/h5-11,14,20-21H,12-13,15-17H2,1-4H3,(H,26,30). The molecule has 32 heavy (non-hydrogen) atoms. The predicted octanol–water partition coefficient (Wildman–Crippen LogP) is 2.51. The first-order chi connectivity index (χ1) is 15.4. The number of rotatable bonds is 10. The molecule has 1 aliphatic rings. The number of amides is 2. The number of likely N-dealkylation sites (tertiary alicyclic amines) is 1. The molecular weight excluding hydrogens is 406 g/mol. The highest BCUT2D eigenvalue weighted by molar-refractivity contribution is 5.89. The van der Waals surface area contributed by atoms with Crippen LogP contribution in [0.1, 0.15) is 23.6 Å². The molecule has 0 aromatic heterocycles. The number of benzene rings is 2. The van der Waals surface area contributed by atoms with Gasteiger partial charge in [-0.3, -0.25) is 9.59 Å². The van der Waals surface area contributed by atoms with E-state index in [1.54, 1.807) is 19.1 Å². The molecule has 1 fully saturated rings. The minimum atomic E-state index is -0.313. The molecule has 2 unspecified atom stereocenters. The van der Waals surface area contributed by atoms with Crippen molar-refractivity contribution in [1.82, 2.24) is 15.1 Å². The summed E-state index contributed by atoms with van der Waals surface area (Å²) in [6.07, 6.45) is 1.06. The zero-order valence-electron chi connectivity index (χ0n) is 19.3. The Morgan fingerprint density at radius 3 is 2.50 bits per heavy atom. The molecule has 1 saturated heterocycles. The third-order valence-corrected chi connectivity index (χ3v) is 5.98. The number of carbonyl (C=O) groups is 2. The molecule has 2 aromatic rings. The summed E-state index contributed by atoms with van der Waals surface area (Å²) in [6.45, 7) is 1.55. The summed E-state index contributed by atoms with van der Waals surface area (Å²) in [4.78, 5) is 29.1. The van der Waals surface area contributed by atoms with Gasteiger partial charge in [0.1, 0.15) is 0 Å². The lowest BCUT2D eigenvalue weighted by Gasteiger charge is -2.26. The van der Waals surface area contributed by atoms with Crippen LogP contribution in [-0.2, 0) is 16.0 Å². The maximum Gasteiger partial charge on any atom is 0.225 e. The quantitative estimate of drug-likeness (QED) is 0.616. The van der Waals surface area contributed by atoms with Gasteiger partial charge in [0.25, 0.3) is 0 Å². The second-order valence-electron chi connectivity index (χ2n) is 8.32. The number of nitrogens with one attached hydrogen (secondary N) is 1. The molecular formula is C25H33N3O4. The molecule has 2 atom stereocenters. The SMILES string of the molecule is COc1ccc(C(CNC(=O)C2CC(=O)N(CCc3ccccc3)C2)N(C)C)cc1OC. The van der Waals surface area contributed by atoms with Crippen LogP contribution in [0.5, 0.6) is 11.5 Å². The average molecular weight is 440 g/mol. The smallest absolute Gasteiger partial charge is 0.225 e. The Bertz CT molecular complexity index is 917. The lowest BCUT2D eigenvalue weighted by molar-refractivity contribution is -0.129. The Morgan fingerprint density at radius 1 is 1.12 bits per heavy atom. The van der Waals surface area contributed by atoms with E-state index in [0.29, 0.717) is 31.1 Å². The molecule has 1 N–H and O–H groups in total. The maximum atomic E-state index is 12.8. The molecule has 7 heteroatoms. The van der Waals surface area contributed by atoms with Crippen LogP contribution in [0.15, 0.2) is 48.5 Å². The van der Waals surface area contributed by atoms with E-state index < -0.39 is 0 Å². The topological polar surface area (TPSA) is 71.1 Å². The first-order valence-corrected chi connectivity index (χ1v) is 10.9. The van der Waals surface area contributed by atoms with Gasteiger partial charge in [0.05, 0.1) is 26.2 Å². The number of nitrogens with zero attached hydrogens (tertiary/aromatic N) is 2.